The molecule has 3 rings (SSSR count). The van der Waals surface area contributed by atoms with Gasteiger partial charge in [-0.2, -0.15) is 0 Å². The van der Waals surface area contributed by atoms with Crippen molar-refractivity contribution in [2.24, 2.45) is 0 Å². The van der Waals surface area contributed by atoms with Gasteiger partial charge in [-0.1, -0.05) is 64.5 Å². The lowest BCUT2D eigenvalue weighted by Crippen LogP contribution is -2.12. The standard InChI is InChI=1S/C15H11ClFIO/c16-13-4-2-1-3-12(13)14-15(9-18,19-14)10-5-7-11(17)8-6-10/h1-8,14H,9H2/t14-,15-/m0/s1. The molecule has 1 aliphatic heterocycles. The molecule has 0 N–H and O–H groups in total. The topological polar surface area (TPSA) is 12.5 Å². The molecule has 2 atom stereocenters. The van der Waals surface area contributed by atoms with E-state index >= 15 is 0 Å². The van der Waals surface area contributed by atoms with Crippen LogP contribution in [0.5, 0.6) is 0 Å². The van der Waals surface area contributed by atoms with Gasteiger partial charge in [0.25, 0.3) is 0 Å². The van der Waals surface area contributed by atoms with Gasteiger partial charge in [-0.05, 0) is 23.8 Å². The van der Waals surface area contributed by atoms with Crippen LogP contribution in [0.1, 0.15) is 17.2 Å². The first-order valence-electron chi connectivity index (χ1n) is 5.91. The molecule has 0 bridgehead atoms. The van der Waals surface area contributed by atoms with Crippen molar-refractivity contribution in [3.05, 3.63) is 70.5 Å². The summed E-state index contributed by atoms with van der Waals surface area (Å²) in [7, 11) is 0. The Hall–Kier alpha value is -0.650. The number of benzene rings is 2. The third kappa shape index (κ3) is 2.28. The van der Waals surface area contributed by atoms with Gasteiger partial charge >= 0.3 is 0 Å². The monoisotopic (exact) mass is 388 g/mol. The van der Waals surface area contributed by atoms with Gasteiger partial charge in [-0.15, -0.1) is 0 Å². The Morgan fingerprint density at radius 1 is 1.16 bits per heavy atom. The Morgan fingerprint density at radius 3 is 2.47 bits per heavy atom. The van der Waals surface area contributed by atoms with Crippen molar-refractivity contribution in [2.45, 2.75) is 11.7 Å². The van der Waals surface area contributed by atoms with Crippen molar-refractivity contribution < 1.29 is 9.13 Å². The lowest BCUT2D eigenvalue weighted by Gasteiger charge is -2.10. The fourth-order valence-corrected chi connectivity index (χ4v) is 3.56. The summed E-state index contributed by atoms with van der Waals surface area (Å²) in [6.07, 6.45) is -0.0523. The summed E-state index contributed by atoms with van der Waals surface area (Å²) in [5.74, 6) is -0.234. The molecule has 1 fully saturated rings. The molecular formula is C15H11ClFIO. The molecule has 98 valence electrons. The fraction of sp³-hybridized carbons (Fsp3) is 0.200. The second kappa shape index (κ2) is 5.04. The minimum Gasteiger partial charge on any atom is -0.355 e. The lowest BCUT2D eigenvalue weighted by molar-refractivity contribution is 0.319. The molecular weight excluding hydrogens is 378 g/mol. The van der Waals surface area contributed by atoms with E-state index in [2.05, 4.69) is 22.6 Å². The van der Waals surface area contributed by atoms with E-state index < -0.39 is 0 Å². The quantitative estimate of drug-likeness (QED) is 0.415. The number of ether oxygens (including phenoxy) is 1. The van der Waals surface area contributed by atoms with Crippen LogP contribution in [-0.2, 0) is 10.3 Å². The van der Waals surface area contributed by atoms with E-state index in [0.717, 1.165) is 15.6 Å². The molecule has 0 spiro atoms. The average Bonchev–Trinajstić information content (AvgIpc) is 3.16. The highest BCUT2D eigenvalue weighted by atomic mass is 127. The van der Waals surface area contributed by atoms with Crippen LogP contribution < -0.4 is 0 Å². The molecule has 1 saturated heterocycles. The summed E-state index contributed by atoms with van der Waals surface area (Å²) in [5, 5.41) is 0.710. The van der Waals surface area contributed by atoms with Crippen molar-refractivity contribution in [3.8, 4) is 0 Å². The summed E-state index contributed by atoms with van der Waals surface area (Å²) in [6.45, 7) is 0. The third-order valence-corrected chi connectivity index (χ3v) is 4.89. The zero-order valence-electron chi connectivity index (χ0n) is 9.95. The van der Waals surface area contributed by atoms with Crippen LogP contribution in [0.15, 0.2) is 48.5 Å². The minimum absolute atomic E-state index is 0.0523. The number of epoxide rings is 1. The number of hydrogen-bond acceptors (Lipinski definition) is 1. The van der Waals surface area contributed by atoms with Gasteiger partial charge in [-0.3, -0.25) is 0 Å². The molecule has 0 amide bonds. The number of alkyl halides is 1. The second-order valence-corrected chi connectivity index (χ2v) is 5.72. The molecule has 0 aliphatic carbocycles. The first kappa shape index (κ1) is 13.3. The number of hydrogen-bond donors (Lipinski definition) is 0. The summed E-state index contributed by atoms with van der Waals surface area (Å²) >= 11 is 8.51. The van der Waals surface area contributed by atoms with E-state index in [1.165, 1.54) is 12.1 Å². The Morgan fingerprint density at radius 2 is 1.84 bits per heavy atom. The van der Waals surface area contributed by atoms with Crippen LogP contribution in [0.2, 0.25) is 5.02 Å². The van der Waals surface area contributed by atoms with Gasteiger partial charge in [0.2, 0.25) is 0 Å². The largest absolute Gasteiger partial charge is 0.355 e. The van der Waals surface area contributed by atoms with Gasteiger partial charge in [0, 0.05) is 15.0 Å². The lowest BCUT2D eigenvalue weighted by atomic mass is 9.93. The Bertz CT molecular complexity index is 601. The normalized spacial score (nSPS) is 25.3. The van der Waals surface area contributed by atoms with Gasteiger partial charge in [0.05, 0.1) is 0 Å². The average molecular weight is 389 g/mol. The maximum Gasteiger partial charge on any atom is 0.133 e. The van der Waals surface area contributed by atoms with E-state index in [1.807, 2.05) is 24.3 Å². The predicted octanol–water partition coefficient (Wildman–Crippen LogP) is 4.88. The van der Waals surface area contributed by atoms with Crippen molar-refractivity contribution in [1.82, 2.24) is 0 Å². The number of rotatable bonds is 3. The van der Waals surface area contributed by atoms with Crippen molar-refractivity contribution in [3.63, 3.8) is 0 Å². The van der Waals surface area contributed by atoms with Crippen LogP contribution in [0.25, 0.3) is 0 Å². The molecule has 2 aromatic carbocycles. The molecule has 0 radical (unpaired) electrons. The van der Waals surface area contributed by atoms with E-state index in [9.17, 15) is 4.39 Å². The van der Waals surface area contributed by atoms with Crippen LogP contribution in [0.4, 0.5) is 4.39 Å². The van der Waals surface area contributed by atoms with Gasteiger partial charge in [-0.25, -0.2) is 4.39 Å². The maximum absolute atomic E-state index is 13.0. The Labute approximate surface area is 129 Å². The first-order chi connectivity index (χ1) is 9.17. The highest BCUT2D eigenvalue weighted by Gasteiger charge is 2.58. The fourth-order valence-electron chi connectivity index (χ4n) is 2.31. The molecule has 19 heavy (non-hydrogen) atoms. The molecule has 0 unspecified atom stereocenters. The smallest absolute Gasteiger partial charge is 0.133 e. The van der Waals surface area contributed by atoms with Gasteiger partial charge in [0.15, 0.2) is 0 Å². The molecule has 1 nitrogen and oxygen atoms in total. The van der Waals surface area contributed by atoms with Crippen LogP contribution in [0.3, 0.4) is 0 Å². The second-order valence-electron chi connectivity index (χ2n) is 4.55. The third-order valence-electron chi connectivity index (χ3n) is 3.41. The molecule has 0 saturated carbocycles. The zero-order valence-corrected chi connectivity index (χ0v) is 12.9. The van der Waals surface area contributed by atoms with E-state index in [4.69, 9.17) is 16.3 Å². The van der Waals surface area contributed by atoms with Gasteiger partial charge in [0.1, 0.15) is 17.5 Å². The number of halogens is 3. The van der Waals surface area contributed by atoms with Crippen molar-refractivity contribution in [1.29, 1.82) is 0 Å². The summed E-state index contributed by atoms with van der Waals surface area (Å²) in [4.78, 5) is 0. The molecule has 1 heterocycles. The predicted molar refractivity (Wildman–Crippen MR) is 82.2 cm³/mol. The van der Waals surface area contributed by atoms with Gasteiger partial charge < -0.3 is 4.74 Å². The van der Waals surface area contributed by atoms with Crippen molar-refractivity contribution in [2.75, 3.05) is 4.43 Å². The summed E-state index contributed by atoms with van der Waals surface area (Å²) < 4.78 is 19.7. The highest BCUT2D eigenvalue weighted by molar-refractivity contribution is 14.1. The molecule has 4 heteroatoms. The van der Waals surface area contributed by atoms with Crippen LogP contribution in [0, 0.1) is 5.82 Å². The molecule has 1 aliphatic rings. The van der Waals surface area contributed by atoms with Crippen LogP contribution >= 0.6 is 34.2 Å². The molecule has 0 aromatic heterocycles. The summed E-state index contributed by atoms with van der Waals surface area (Å²) in [6, 6.07) is 14.2. The minimum atomic E-state index is -0.376. The van der Waals surface area contributed by atoms with E-state index in [-0.39, 0.29) is 17.5 Å². The van der Waals surface area contributed by atoms with E-state index in [0.29, 0.717) is 5.02 Å². The zero-order chi connectivity index (χ0) is 13.5. The van der Waals surface area contributed by atoms with Crippen molar-refractivity contribution >= 4 is 34.2 Å². The van der Waals surface area contributed by atoms with Crippen LogP contribution in [-0.4, -0.2) is 4.43 Å². The summed E-state index contributed by atoms with van der Waals surface area (Å²) in [5.41, 5.74) is 1.61. The first-order valence-corrected chi connectivity index (χ1v) is 7.82. The maximum atomic E-state index is 13.0. The SMILES string of the molecule is Fc1ccc([C@]2(CI)O[C@H]2c2ccccc2Cl)cc1. The highest BCUT2D eigenvalue weighted by Crippen LogP contribution is 2.59. The molecule has 2 aromatic rings. The van der Waals surface area contributed by atoms with E-state index in [1.54, 1.807) is 12.1 Å². The Balaban J connectivity index is 1.96. The Kier molecular flexibility index (Phi) is 3.53.